The Hall–Kier alpha value is -3.06. The van der Waals surface area contributed by atoms with Crippen molar-refractivity contribution in [3.05, 3.63) is 90.1 Å². The van der Waals surface area contributed by atoms with Crippen LogP contribution >= 0.6 is 0 Å². The molecule has 27 heavy (non-hydrogen) atoms. The topological polar surface area (TPSA) is 4.41 Å². The van der Waals surface area contributed by atoms with Gasteiger partial charge >= 0.3 is 0 Å². The average molecular weight is 347 g/mol. The number of fused-ring (bicyclic) bond motifs is 3. The van der Waals surface area contributed by atoms with E-state index in [1.165, 1.54) is 49.6 Å². The molecular formula is C26H21N. The van der Waals surface area contributed by atoms with Gasteiger partial charge in [0.1, 0.15) is 0 Å². The van der Waals surface area contributed by atoms with Gasteiger partial charge in [-0.3, -0.25) is 0 Å². The number of pyridine rings is 1. The van der Waals surface area contributed by atoms with Crippen molar-refractivity contribution in [1.82, 2.24) is 4.40 Å². The summed E-state index contributed by atoms with van der Waals surface area (Å²) in [6, 6.07) is 29.0. The minimum atomic E-state index is 0.136. The van der Waals surface area contributed by atoms with Gasteiger partial charge in [0.2, 0.25) is 0 Å². The van der Waals surface area contributed by atoms with Gasteiger partial charge in [-0.05, 0) is 46.0 Å². The van der Waals surface area contributed by atoms with Crippen molar-refractivity contribution >= 4 is 27.2 Å². The van der Waals surface area contributed by atoms with Crippen LogP contribution in [-0.4, -0.2) is 4.40 Å². The normalized spacial score (nSPS) is 15.2. The van der Waals surface area contributed by atoms with E-state index >= 15 is 0 Å². The lowest BCUT2D eigenvalue weighted by Gasteiger charge is -2.33. The summed E-state index contributed by atoms with van der Waals surface area (Å²) in [4.78, 5) is 0. The molecule has 3 aromatic carbocycles. The van der Waals surface area contributed by atoms with Crippen LogP contribution in [0.25, 0.3) is 38.3 Å². The number of hydrogen-bond donors (Lipinski definition) is 0. The largest absolute Gasteiger partial charge is 0.313 e. The van der Waals surface area contributed by atoms with Crippen LogP contribution in [0.1, 0.15) is 25.1 Å². The smallest absolute Gasteiger partial charge is 0.0581 e. The van der Waals surface area contributed by atoms with E-state index in [1.807, 2.05) is 0 Å². The molecule has 0 saturated carbocycles. The van der Waals surface area contributed by atoms with Gasteiger partial charge in [-0.1, -0.05) is 80.6 Å². The summed E-state index contributed by atoms with van der Waals surface area (Å²) in [5.74, 6) is 0. The lowest BCUT2D eigenvalue weighted by molar-refractivity contribution is 0.506. The molecule has 0 atom stereocenters. The molecule has 1 nitrogen and oxygen atoms in total. The summed E-state index contributed by atoms with van der Waals surface area (Å²) in [6.07, 6.45) is 1.08. The molecule has 0 bridgehead atoms. The molecule has 6 rings (SSSR count). The van der Waals surface area contributed by atoms with Crippen LogP contribution in [0.5, 0.6) is 0 Å². The molecule has 0 aliphatic carbocycles. The molecule has 3 heterocycles. The van der Waals surface area contributed by atoms with Crippen LogP contribution in [-0.2, 0) is 11.8 Å². The summed E-state index contributed by atoms with van der Waals surface area (Å²) < 4.78 is 2.52. The molecule has 2 aromatic heterocycles. The Bertz CT molecular complexity index is 1350. The maximum absolute atomic E-state index is 2.52. The summed E-state index contributed by atoms with van der Waals surface area (Å²) in [5, 5.41) is 4.07. The first-order chi connectivity index (χ1) is 13.1. The number of benzene rings is 3. The minimum Gasteiger partial charge on any atom is -0.313 e. The van der Waals surface area contributed by atoms with Crippen molar-refractivity contribution in [2.45, 2.75) is 25.7 Å². The first-order valence-corrected chi connectivity index (χ1v) is 9.69. The van der Waals surface area contributed by atoms with Gasteiger partial charge in [-0.2, -0.15) is 0 Å². The number of hydrogen-bond acceptors (Lipinski definition) is 0. The quantitative estimate of drug-likeness (QED) is 0.296. The highest BCUT2D eigenvalue weighted by Crippen LogP contribution is 2.45. The van der Waals surface area contributed by atoms with Gasteiger partial charge < -0.3 is 4.40 Å². The molecule has 5 aromatic rings. The van der Waals surface area contributed by atoms with Crippen LogP contribution in [0.3, 0.4) is 0 Å². The van der Waals surface area contributed by atoms with Gasteiger partial charge in [-0.25, -0.2) is 0 Å². The van der Waals surface area contributed by atoms with Gasteiger partial charge in [0.25, 0.3) is 0 Å². The van der Waals surface area contributed by atoms with E-state index in [2.05, 4.69) is 97.1 Å². The second-order valence-corrected chi connectivity index (χ2v) is 8.40. The Labute approximate surface area is 158 Å². The molecule has 1 aliphatic rings. The SMILES string of the molecule is CC1(C)Cc2ccc3c4ccccc4c4c(-c5ccccc5)ccc1c4n23. The number of rotatable bonds is 1. The number of aromatic nitrogens is 1. The standard InChI is InChI=1S/C26H21N/c1-26(2)16-18-12-15-23-20-10-6-7-11-21(20)24-19(17-8-4-3-5-9-17)13-14-22(26)25(24)27(18)23/h3-15H,16H2,1-2H3. The molecule has 0 N–H and O–H groups in total. The van der Waals surface area contributed by atoms with Crippen molar-refractivity contribution < 1.29 is 0 Å². The highest BCUT2D eigenvalue weighted by molar-refractivity contribution is 6.18. The molecule has 1 heteroatoms. The third-order valence-corrected chi connectivity index (χ3v) is 6.27. The monoisotopic (exact) mass is 347 g/mol. The van der Waals surface area contributed by atoms with Crippen LogP contribution in [0, 0.1) is 0 Å². The lowest BCUT2D eigenvalue weighted by Crippen LogP contribution is -2.26. The van der Waals surface area contributed by atoms with Crippen molar-refractivity contribution in [2.75, 3.05) is 0 Å². The zero-order valence-corrected chi connectivity index (χ0v) is 15.7. The highest BCUT2D eigenvalue weighted by Gasteiger charge is 2.31. The van der Waals surface area contributed by atoms with Gasteiger partial charge in [-0.15, -0.1) is 0 Å². The third-order valence-electron chi connectivity index (χ3n) is 6.27. The fourth-order valence-corrected chi connectivity index (χ4v) is 5.06. The maximum atomic E-state index is 2.52. The zero-order chi connectivity index (χ0) is 18.2. The van der Waals surface area contributed by atoms with Crippen molar-refractivity contribution in [2.24, 2.45) is 0 Å². The zero-order valence-electron chi connectivity index (χ0n) is 15.7. The lowest BCUT2D eigenvalue weighted by atomic mass is 9.76. The first kappa shape index (κ1) is 15.0. The van der Waals surface area contributed by atoms with Crippen molar-refractivity contribution in [3.8, 4) is 11.1 Å². The van der Waals surface area contributed by atoms with Gasteiger partial charge in [0, 0.05) is 16.5 Å². The van der Waals surface area contributed by atoms with Crippen molar-refractivity contribution in [3.63, 3.8) is 0 Å². The van der Waals surface area contributed by atoms with E-state index in [0.717, 1.165) is 6.42 Å². The van der Waals surface area contributed by atoms with Gasteiger partial charge in [0.15, 0.2) is 0 Å². The van der Waals surface area contributed by atoms with E-state index < -0.39 is 0 Å². The third kappa shape index (κ3) is 1.89. The molecule has 1 aliphatic heterocycles. The molecule has 0 radical (unpaired) electrons. The van der Waals surface area contributed by atoms with Crippen LogP contribution in [0.15, 0.2) is 78.9 Å². The fraction of sp³-hybridized carbons (Fsp3) is 0.154. The molecule has 0 spiro atoms. The Morgan fingerprint density at radius 2 is 1.48 bits per heavy atom. The number of nitrogens with zero attached hydrogens (tertiary/aromatic N) is 1. The first-order valence-electron chi connectivity index (χ1n) is 9.69. The summed E-state index contributed by atoms with van der Waals surface area (Å²) in [5.41, 5.74) is 8.34. The second-order valence-electron chi connectivity index (χ2n) is 8.40. The second kappa shape index (κ2) is 5.01. The van der Waals surface area contributed by atoms with E-state index in [0.29, 0.717) is 0 Å². The molecule has 0 unspecified atom stereocenters. The van der Waals surface area contributed by atoms with E-state index in [-0.39, 0.29) is 5.41 Å². The van der Waals surface area contributed by atoms with Crippen LogP contribution < -0.4 is 0 Å². The molecule has 0 amide bonds. The molecular weight excluding hydrogens is 326 g/mol. The van der Waals surface area contributed by atoms with Crippen molar-refractivity contribution in [1.29, 1.82) is 0 Å². The Morgan fingerprint density at radius 1 is 0.741 bits per heavy atom. The molecule has 130 valence electrons. The van der Waals surface area contributed by atoms with Crippen LogP contribution in [0.4, 0.5) is 0 Å². The summed E-state index contributed by atoms with van der Waals surface area (Å²) in [7, 11) is 0. The minimum absolute atomic E-state index is 0.136. The Morgan fingerprint density at radius 3 is 2.30 bits per heavy atom. The summed E-state index contributed by atoms with van der Waals surface area (Å²) >= 11 is 0. The van der Waals surface area contributed by atoms with E-state index in [1.54, 1.807) is 0 Å². The van der Waals surface area contributed by atoms with Crippen LogP contribution in [0.2, 0.25) is 0 Å². The Balaban J connectivity index is 1.95. The predicted octanol–water partition coefficient (Wildman–Crippen LogP) is 6.75. The van der Waals surface area contributed by atoms with E-state index in [9.17, 15) is 0 Å². The highest BCUT2D eigenvalue weighted by atomic mass is 14.9. The Kier molecular flexibility index (Phi) is 2.79. The van der Waals surface area contributed by atoms with E-state index in [4.69, 9.17) is 0 Å². The van der Waals surface area contributed by atoms with Gasteiger partial charge in [0.05, 0.1) is 11.0 Å². The predicted molar refractivity (Wildman–Crippen MR) is 115 cm³/mol. The molecule has 0 fully saturated rings. The summed E-state index contributed by atoms with van der Waals surface area (Å²) in [6.45, 7) is 4.75. The fourth-order valence-electron chi connectivity index (χ4n) is 5.06. The average Bonchev–Trinajstić information content (AvgIpc) is 3.11. The maximum Gasteiger partial charge on any atom is 0.0581 e. The molecule has 0 saturated heterocycles.